The monoisotopic (exact) mass is 415 g/mol. The molecule has 0 saturated carbocycles. The summed E-state index contributed by atoms with van der Waals surface area (Å²) in [5, 5.41) is 6.65. The molecule has 2 aliphatic rings. The number of aromatic nitrogens is 2. The van der Waals surface area contributed by atoms with E-state index in [-0.39, 0.29) is 24.0 Å². The number of nitrogens with one attached hydrogen (secondary N) is 2. The van der Waals surface area contributed by atoms with E-state index in [4.69, 9.17) is 11.6 Å². The number of thioether (sulfide) groups is 1. The summed E-state index contributed by atoms with van der Waals surface area (Å²) in [5.74, 6) is 0.692. The number of aryl methyl sites for hydroxylation is 2. The van der Waals surface area contributed by atoms with Crippen molar-refractivity contribution in [3.05, 3.63) is 64.1 Å². The predicted molar refractivity (Wildman–Crippen MR) is 111 cm³/mol. The molecule has 0 radical (unpaired) electrons. The number of fused-ring (bicyclic) bond motifs is 1. The summed E-state index contributed by atoms with van der Waals surface area (Å²) in [6, 6.07) is 9.90. The van der Waals surface area contributed by atoms with Gasteiger partial charge in [0.25, 0.3) is 5.91 Å². The second-order valence-electron chi connectivity index (χ2n) is 7.18. The average Bonchev–Trinajstić information content (AvgIpc) is 2.97. The Bertz CT molecular complexity index is 912. The molecule has 146 valence electrons. The predicted octanol–water partition coefficient (Wildman–Crippen LogP) is 3.17. The van der Waals surface area contributed by atoms with Gasteiger partial charge < -0.3 is 5.32 Å². The Labute approximate surface area is 173 Å². The number of carbonyl (C=O) groups excluding carboxylic acids is 1. The van der Waals surface area contributed by atoms with Crippen LogP contribution in [0.25, 0.3) is 0 Å². The summed E-state index contributed by atoms with van der Waals surface area (Å²) in [6.07, 6.45) is 1.50. The molecule has 1 saturated heterocycles. The van der Waals surface area contributed by atoms with Crippen molar-refractivity contribution in [1.82, 2.24) is 25.7 Å². The van der Waals surface area contributed by atoms with Crippen LogP contribution in [0, 0.1) is 13.8 Å². The third kappa shape index (κ3) is 3.87. The van der Waals surface area contributed by atoms with E-state index < -0.39 is 0 Å². The van der Waals surface area contributed by atoms with Crippen LogP contribution in [0.2, 0.25) is 5.02 Å². The van der Waals surface area contributed by atoms with Crippen molar-refractivity contribution in [2.75, 3.05) is 5.75 Å². The molecule has 28 heavy (non-hydrogen) atoms. The number of rotatable bonds is 4. The van der Waals surface area contributed by atoms with Gasteiger partial charge in [-0.05, 0) is 44.5 Å². The number of amides is 1. The fraction of sp³-hybridized carbons (Fsp3) is 0.350. The molecular formula is C20H22ClN5OS. The highest BCUT2D eigenvalue weighted by atomic mass is 35.5. The van der Waals surface area contributed by atoms with Gasteiger partial charge in [0.05, 0.1) is 0 Å². The lowest BCUT2D eigenvalue weighted by atomic mass is 9.90. The number of benzene rings is 1. The van der Waals surface area contributed by atoms with E-state index in [0.717, 1.165) is 27.8 Å². The van der Waals surface area contributed by atoms with Gasteiger partial charge in [-0.25, -0.2) is 15.4 Å². The molecule has 4 rings (SSSR count). The highest BCUT2D eigenvalue weighted by Gasteiger charge is 2.44. The lowest BCUT2D eigenvalue weighted by Crippen LogP contribution is -2.53. The highest BCUT2D eigenvalue weighted by molar-refractivity contribution is 7.99. The fourth-order valence-electron chi connectivity index (χ4n) is 3.76. The summed E-state index contributed by atoms with van der Waals surface area (Å²) in [4.78, 5) is 21.6. The molecule has 1 aromatic carbocycles. The second kappa shape index (κ2) is 7.73. The maximum absolute atomic E-state index is 12.7. The van der Waals surface area contributed by atoms with Crippen LogP contribution in [-0.2, 0) is 4.79 Å². The molecule has 2 aromatic rings. The smallest absolute Gasteiger partial charge is 0.264 e. The first kappa shape index (κ1) is 19.2. The molecule has 0 spiro atoms. The van der Waals surface area contributed by atoms with Crippen molar-refractivity contribution in [2.24, 2.45) is 0 Å². The van der Waals surface area contributed by atoms with Gasteiger partial charge in [-0.15, -0.1) is 0 Å². The van der Waals surface area contributed by atoms with Crippen LogP contribution >= 0.6 is 23.4 Å². The molecular weight excluding hydrogens is 394 g/mol. The summed E-state index contributed by atoms with van der Waals surface area (Å²) in [5.41, 5.74) is 7.20. The standard InChI is InChI=1S/C20H22ClN5OS/c1-11-8-12(2)23-20(22-11)28-10-16-9-17(27)26-19(24-16)18(13(3)25-26)14-4-6-15(21)7-5-14/h4-9,13,18-19,24-25H,10H2,1-3H3. The Kier molecular flexibility index (Phi) is 5.31. The van der Waals surface area contributed by atoms with Crippen molar-refractivity contribution >= 4 is 29.3 Å². The quantitative estimate of drug-likeness (QED) is 0.590. The van der Waals surface area contributed by atoms with E-state index in [0.29, 0.717) is 10.8 Å². The zero-order chi connectivity index (χ0) is 19.8. The minimum atomic E-state index is -0.149. The number of carbonyl (C=O) groups is 1. The molecule has 2 aliphatic heterocycles. The number of hydrazine groups is 1. The van der Waals surface area contributed by atoms with Crippen molar-refractivity contribution < 1.29 is 4.79 Å². The van der Waals surface area contributed by atoms with E-state index in [1.54, 1.807) is 11.1 Å². The van der Waals surface area contributed by atoms with Crippen molar-refractivity contribution in [3.63, 3.8) is 0 Å². The molecule has 1 aromatic heterocycles. The molecule has 8 heteroatoms. The van der Waals surface area contributed by atoms with Gasteiger partial charge in [0, 0.05) is 45.9 Å². The molecule has 0 aliphatic carbocycles. The van der Waals surface area contributed by atoms with Gasteiger partial charge >= 0.3 is 0 Å². The van der Waals surface area contributed by atoms with Crippen molar-refractivity contribution in [1.29, 1.82) is 0 Å². The Morgan fingerprint density at radius 2 is 1.86 bits per heavy atom. The lowest BCUT2D eigenvalue weighted by molar-refractivity contribution is -0.131. The Morgan fingerprint density at radius 3 is 2.54 bits per heavy atom. The number of hydrogen-bond donors (Lipinski definition) is 2. The molecule has 2 N–H and O–H groups in total. The van der Waals surface area contributed by atoms with Gasteiger partial charge in [-0.2, -0.15) is 0 Å². The van der Waals surface area contributed by atoms with Gasteiger partial charge in [-0.3, -0.25) is 9.80 Å². The van der Waals surface area contributed by atoms with Gasteiger partial charge in [0.2, 0.25) is 0 Å². The number of halogens is 1. The average molecular weight is 416 g/mol. The van der Waals surface area contributed by atoms with Gasteiger partial charge in [0.15, 0.2) is 5.16 Å². The molecule has 1 fully saturated rings. The molecule has 3 atom stereocenters. The van der Waals surface area contributed by atoms with Crippen molar-refractivity contribution in [3.8, 4) is 0 Å². The summed E-state index contributed by atoms with van der Waals surface area (Å²) in [7, 11) is 0. The SMILES string of the molecule is Cc1cc(C)nc(SCC2=CC(=O)N3NC(C)C(c4ccc(Cl)cc4)C3N2)n1. The van der Waals surface area contributed by atoms with Crippen LogP contribution in [0.3, 0.4) is 0 Å². The maximum atomic E-state index is 12.7. The molecule has 0 bridgehead atoms. The first-order valence-corrected chi connectivity index (χ1v) is 10.5. The minimum Gasteiger partial charge on any atom is -0.366 e. The van der Waals surface area contributed by atoms with E-state index in [9.17, 15) is 4.79 Å². The summed E-state index contributed by atoms with van der Waals surface area (Å²) < 4.78 is 0. The Hall–Kier alpha value is -2.09. The van der Waals surface area contributed by atoms with Crippen LogP contribution in [0.1, 0.15) is 29.8 Å². The third-order valence-corrected chi connectivity index (χ3v) is 6.09. The summed E-state index contributed by atoms with van der Waals surface area (Å²) in [6.45, 7) is 6.01. The normalized spacial score (nSPS) is 24.0. The third-order valence-electron chi connectivity index (χ3n) is 4.94. The number of nitrogens with zero attached hydrogens (tertiary/aromatic N) is 3. The maximum Gasteiger partial charge on any atom is 0.264 e. The van der Waals surface area contributed by atoms with Crippen molar-refractivity contribution in [2.45, 2.75) is 44.1 Å². The van der Waals surface area contributed by atoms with E-state index in [2.05, 4.69) is 27.6 Å². The fourth-order valence-corrected chi connectivity index (χ4v) is 4.75. The first-order chi connectivity index (χ1) is 13.4. The minimum absolute atomic E-state index is 0.0380. The first-order valence-electron chi connectivity index (χ1n) is 9.18. The van der Waals surface area contributed by atoms with E-state index >= 15 is 0 Å². The topological polar surface area (TPSA) is 70.2 Å². The molecule has 3 heterocycles. The highest BCUT2D eigenvalue weighted by Crippen LogP contribution is 2.34. The van der Waals surface area contributed by atoms with Gasteiger partial charge in [0.1, 0.15) is 6.17 Å². The van der Waals surface area contributed by atoms with E-state index in [1.807, 2.05) is 44.2 Å². The molecule has 1 amide bonds. The second-order valence-corrected chi connectivity index (χ2v) is 8.56. The lowest BCUT2D eigenvalue weighted by Gasteiger charge is -2.33. The van der Waals surface area contributed by atoms with Crippen LogP contribution in [0.4, 0.5) is 0 Å². The van der Waals surface area contributed by atoms with Gasteiger partial charge in [-0.1, -0.05) is 35.5 Å². The molecule has 6 nitrogen and oxygen atoms in total. The zero-order valence-corrected chi connectivity index (χ0v) is 17.5. The Balaban J connectivity index is 1.52. The van der Waals surface area contributed by atoms with Crippen LogP contribution in [0.15, 0.2) is 47.3 Å². The molecule has 3 unspecified atom stereocenters. The summed E-state index contributed by atoms with van der Waals surface area (Å²) >= 11 is 7.57. The number of hydrogen-bond acceptors (Lipinski definition) is 6. The largest absolute Gasteiger partial charge is 0.366 e. The Morgan fingerprint density at radius 1 is 1.18 bits per heavy atom. The van der Waals surface area contributed by atoms with Crippen LogP contribution in [0.5, 0.6) is 0 Å². The van der Waals surface area contributed by atoms with Crippen LogP contribution < -0.4 is 10.7 Å². The van der Waals surface area contributed by atoms with Crippen LogP contribution in [-0.4, -0.2) is 38.8 Å². The van der Waals surface area contributed by atoms with E-state index in [1.165, 1.54) is 11.8 Å². The zero-order valence-electron chi connectivity index (χ0n) is 15.9.